The first-order valence-electron chi connectivity index (χ1n) is 9.23. The van der Waals surface area contributed by atoms with Gasteiger partial charge in [0.25, 0.3) is 5.91 Å². The number of amides is 1. The van der Waals surface area contributed by atoms with Crippen LogP contribution in [-0.2, 0) is 11.4 Å². The number of benzene rings is 3. The zero-order chi connectivity index (χ0) is 20.5. The lowest BCUT2D eigenvalue weighted by Crippen LogP contribution is -2.04. The van der Waals surface area contributed by atoms with Gasteiger partial charge in [-0.3, -0.25) is 4.79 Å². The Labute approximate surface area is 187 Å². The number of carbonyl (C=O) groups is 1. The molecule has 0 unspecified atom stereocenters. The lowest BCUT2D eigenvalue weighted by Gasteiger charge is -2.13. The average molecular weight is 513 g/mol. The van der Waals surface area contributed by atoms with Crippen molar-refractivity contribution in [3.63, 3.8) is 0 Å². The first-order chi connectivity index (χ1) is 13.9. The lowest BCUT2D eigenvalue weighted by molar-refractivity contribution is -0.110. The van der Waals surface area contributed by atoms with Crippen LogP contribution >= 0.6 is 31.9 Å². The minimum absolute atomic E-state index is 0.0986. The molecule has 146 valence electrons. The van der Waals surface area contributed by atoms with E-state index in [0.29, 0.717) is 12.2 Å². The van der Waals surface area contributed by atoms with Gasteiger partial charge in [0.05, 0.1) is 5.69 Å². The molecule has 3 aromatic rings. The van der Waals surface area contributed by atoms with Crippen molar-refractivity contribution < 1.29 is 9.53 Å². The van der Waals surface area contributed by atoms with E-state index in [4.69, 9.17) is 4.74 Å². The summed E-state index contributed by atoms with van der Waals surface area (Å²) in [5, 5.41) is 2.94. The van der Waals surface area contributed by atoms with Crippen molar-refractivity contribution in [2.24, 2.45) is 0 Å². The number of ether oxygens (including phenoxy) is 1. The predicted molar refractivity (Wildman–Crippen MR) is 125 cm³/mol. The minimum atomic E-state index is -0.0986. The summed E-state index contributed by atoms with van der Waals surface area (Å²) < 4.78 is 7.85. The zero-order valence-electron chi connectivity index (χ0n) is 16.1. The van der Waals surface area contributed by atoms with E-state index < -0.39 is 0 Å². The Balaban J connectivity index is 1.65. The van der Waals surface area contributed by atoms with Crippen LogP contribution in [0.5, 0.6) is 5.75 Å². The maximum absolute atomic E-state index is 12.6. The molecule has 1 aliphatic rings. The third-order valence-electron chi connectivity index (χ3n) is 4.85. The van der Waals surface area contributed by atoms with E-state index in [1.165, 1.54) is 0 Å². The number of nitrogens with one attached hydrogen (secondary N) is 1. The molecule has 1 amide bonds. The molecule has 3 nitrogen and oxygen atoms in total. The third-order valence-corrected chi connectivity index (χ3v) is 5.93. The normalized spacial score (nSPS) is 14.1. The van der Waals surface area contributed by atoms with Crippen LogP contribution in [0.3, 0.4) is 0 Å². The number of fused-ring (bicyclic) bond motifs is 1. The molecule has 0 saturated carbocycles. The molecule has 0 atom stereocenters. The second-order valence-corrected chi connectivity index (χ2v) is 8.85. The molecule has 4 rings (SSSR count). The van der Waals surface area contributed by atoms with Crippen LogP contribution in [0, 0.1) is 13.8 Å². The number of hydrogen-bond donors (Lipinski definition) is 1. The SMILES string of the molecule is Cc1cc(C=C2C(=O)Nc3c(Br)cc(Br)cc32)cc(C)c1OCc1ccccc1. The second kappa shape index (κ2) is 8.17. The van der Waals surface area contributed by atoms with Crippen molar-refractivity contribution >= 4 is 55.1 Å². The number of aryl methyl sites for hydroxylation is 2. The molecular formula is C24H19Br2NO2. The molecule has 0 spiro atoms. The first-order valence-corrected chi connectivity index (χ1v) is 10.8. The first kappa shape index (κ1) is 19.9. The molecule has 0 aromatic heterocycles. The van der Waals surface area contributed by atoms with Crippen LogP contribution in [0.25, 0.3) is 11.6 Å². The van der Waals surface area contributed by atoms with Gasteiger partial charge in [-0.05, 0) is 82.4 Å². The highest BCUT2D eigenvalue weighted by Gasteiger charge is 2.26. The van der Waals surface area contributed by atoms with Crippen molar-refractivity contribution in [2.75, 3.05) is 5.32 Å². The Hall–Kier alpha value is -2.37. The summed E-state index contributed by atoms with van der Waals surface area (Å²) in [6.45, 7) is 4.59. The van der Waals surface area contributed by atoms with Gasteiger partial charge in [0.15, 0.2) is 0 Å². The highest BCUT2D eigenvalue weighted by molar-refractivity contribution is 9.11. The van der Waals surface area contributed by atoms with Crippen molar-refractivity contribution in [3.05, 3.63) is 91.4 Å². The van der Waals surface area contributed by atoms with E-state index in [-0.39, 0.29) is 5.91 Å². The summed E-state index contributed by atoms with van der Waals surface area (Å²) in [4.78, 5) is 12.6. The maximum atomic E-state index is 12.6. The van der Waals surface area contributed by atoms with Crippen LogP contribution in [0.15, 0.2) is 63.5 Å². The number of anilines is 1. The molecule has 1 aliphatic heterocycles. The van der Waals surface area contributed by atoms with E-state index in [0.717, 1.165) is 48.2 Å². The summed E-state index contributed by atoms with van der Waals surface area (Å²) in [6, 6.07) is 18.1. The molecular weight excluding hydrogens is 494 g/mol. The van der Waals surface area contributed by atoms with Gasteiger partial charge >= 0.3 is 0 Å². The monoisotopic (exact) mass is 511 g/mol. The zero-order valence-corrected chi connectivity index (χ0v) is 19.2. The maximum Gasteiger partial charge on any atom is 0.256 e. The Morgan fingerprint density at radius 2 is 1.69 bits per heavy atom. The Kier molecular flexibility index (Phi) is 5.61. The third kappa shape index (κ3) is 4.16. The number of carbonyl (C=O) groups excluding carboxylic acids is 1. The van der Waals surface area contributed by atoms with Crippen molar-refractivity contribution in [1.82, 2.24) is 0 Å². The molecule has 0 fully saturated rings. The van der Waals surface area contributed by atoms with Gasteiger partial charge < -0.3 is 10.1 Å². The lowest BCUT2D eigenvalue weighted by atomic mass is 10.0. The molecule has 0 radical (unpaired) electrons. The second-order valence-electron chi connectivity index (χ2n) is 7.08. The molecule has 3 aromatic carbocycles. The molecule has 5 heteroatoms. The van der Waals surface area contributed by atoms with Crippen molar-refractivity contribution in [1.29, 1.82) is 0 Å². The fraction of sp³-hybridized carbons (Fsp3) is 0.125. The largest absolute Gasteiger partial charge is 0.488 e. The Morgan fingerprint density at radius 3 is 2.38 bits per heavy atom. The van der Waals surface area contributed by atoms with Crippen LogP contribution < -0.4 is 10.1 Å². The van der Waals surface area contributed by atoms with E-state index >= 15 is 0 Å². The number of halogens is 2. The van der Waals surface area contributed by atoms with Gasteiger partial charge in [0.1, 0.15) is 12.4 Å². The minimum Gasteiger partial charge on any atom is -0.488 e. The van der Waals surface area contributed by atoms with Gasteiger partial charge in [-0.2, -0.15) is 0 Å². The van der Waals surface area contributed by atoms with E-state index in [1.54, 1.807) is 0 Å². The molecule has 0 saturated heterocycles. The Morgan fingerprint density at radius 1 is 1.00 bits per heavy atom. The molecule has 1 heterocycles. The van der Waals surface area contributed by atoms with Gasteiger partial charge in [-0.25, -0.2) is 0 Å². The van der Waals surface area contributed by atoms with Gasteiger partial charge in [0, 0.05) is 20.1 Å². The smallest absolute Gasteiger partial charge is 0.256 e. The van der Waals surface area contributed by atoms with Gasteiger partial charge in [-0.15, -0.1) is 0 Å². The number of hydrogen-bond acceptors (Lipinski definition) is 2. The Bertz CT molecular complexity index is 1110. The van der Waals surface area contributed by atoms with E-state index in [1.807, 2.05) is 50.3 Å². The molecule has 0 bridgehead atoms. The average Bonchev–Trinajstić information content (AvgIpc) is 2.98. The topological polar surface area (TPSA) is 38.3 Å². The summed E-state index contributed by atoms with van der Waals surface area (Å²) >= 11 is 7.02. The summed E-state index contributed by atoms with van der Waals surface area (Å²) in [7, 11) is 0. The quantitative estimate of drug-likeness (QED) is 0.386. The fourth-order valence-corrected chi connectivity index (χ4v) is 4.88. The van der Waals surface area contributed by atoms with Crippen LogP contribution in [0.2, 0.25) is 0 Å². The van der Waals surface area contributed by atoms with Crippen LogP contribution in [-0.4, -0.2) is 5.91 Å². The number of rotatable bonds is 4. The molecule has 1 N–H and O–H groups in total. The van der Waals surface area contributed by atoms with Crippen molar-refractivity contribution in [2.45, 2.75) is 20.5 Å². The highest BCUT2D eigenvalue weighted by atomic mass is 79.9. The van der Waals surface area contributed by atoms with Crippen LogP contribution in [0.1, 0.15) is 27.8 Å². The predicted octanol–water partition coefficient (Wildman–Crippen LogP) is 6.90. The standard InChI is InChI=1S/C24H19Br2NO2/c1-14-8-17(9-15(2)23(14)29-13-16-6-4-3-5-7-16)10-20-19-11-18(25)12-21(26)22(19)27-24(20)28/h3-12H,13H2,1-2H3,(H,27,28). The summed E-state index contributed by atoms with van der Waals surface area (Å²) in [5.74, 6) is 0.788. The molecule has 0 aliphatic carbocycles. The summed E-state index contributed by atoms with van der Waals surface area (Å²) in [5.41, 5.74) is 6.54. The van der Waals surface area contributed by atoms with Gasteiger partial charge in [-0.1, -0.05) is 46.3 Å². The molecule has 29 heavy (non-hydrogen) atoms. The van der Waals surface area contributed by atoms with Crippen LogP contribution in [0.4, 0.5) is 5.69 Å². The highest BCUT2D eigenvalue weighted by Crippen LogP contribution is 2.40. The van der Waals surface area contributed by atoms with Crippen molar-refractivity contribution in [3.8, 4) is 5.75 Å². The summed E-state index contributed by atoms with van der Waals surface area (Å²) in [6.07, 6.45) is 1.93. The van der Waals surface area contributed by atoms with E-state index in [9.17, 15) is 4.79 Å². The van der Waals surface area contributed by atoms with Gasteiger partial charge in [0.2, 0.25) is 0 Å². The fourth-order valence-electron chi connectivity index (χ4n) is 3.55. The van der Waals surface area contributed by atoms with E-state index in [2.05, 4.69) is 61.4 Å².